The molecule has 0 aliphatic heterocycles. The Balaban J connectivity index is 3.77. The van der Waals surface area contributed by atoms with Crippen LogP contribution in [-0.4, -0.2) is 17.5 Å². The Labute approximate surface area is 167 Å². The molecule has 0 aromatic heterocycles. The first-order chi connectivity index (χ1) is 12.7. The minimum atomic E-state index is -1.05. The molecule has 1 unspecified atom stereocenters. The van der Waals surface area contributed by atoms with Crippen molar-refractivity contribution in [3.63, 3.8) is 0 Å². The molecule has 1 atom stereocenters. The van der Waals surface area contributed by atoms with Crippen LogP contribution in [0.2, 0.25) is 0 Å². The van der Waals surface area contributed by atoms with E-state index in [-0.39, 0.29) is 16.9 Å². The van der Waals surface area contributed by atoms with Gasteiger partial charge in [0, 0.05) is 5.41 Å². The van der Waals surface area contributed by atoms with E-state index in [2.05, 4.69) is 38.0 Å². The van der Waals surface area contributed by atoms with Gasteiger partial charge in [0.1, 0.15) is 6.10 Å². The topological polar surface area (TPSA) is 55.8 Å². The molecule has 0 bridgehead atoms. The molecule has 0 aliphatic carbocycles. The summed E-state index contributed by atoms with van der Waals surface area (Å²) in [5, 5.41) is 8.42. The van der Waals surface area contributed by atoms with Crippen LogP contribution in [0.25, 0.3) is 0 Å². The largest absolute Gasteiger partial charge is 0.540 e. The van der Waals surface area contributed by atoms with E-state index in [1.54, 1.807) is 6.08 Å². The third kappa shape index (κ3) is 12.7. The van der Waals surface area contributed by atoms with Gasteiger partial charge in [-0.05, 0) is 24.7 Å². The highest BCUT2D eigenvalue weighted by Gasteiger charge is 2.30. The third-order valence-electron chi connectivity index (χ3n) is 5.51. The van der Waals surface area contributed by atoms with Gasteiger partial charge >= 0.3 is 6.16 Å². The summed E-state index contributed by atoms with van der Waals surface area (Å²) in [6, 6.07) is 0. The molecule has 0 amide bonds. The van der Waals surface area contributed by atoms with Gasteiger partial charge < -0.3 is 4.74 Å². The number of hydrogen-bond acceptors (Lipinski definition) is 4. The van der Waals surface area contributed by atoms with Crippen LogP contribution >= 0.6 is 0 Å². The standard InChI is InChI=1S/C23H42O4/c1-7-22(3,4)19-17-15-13-11-9-10-12-14-16-18-20(23(5,6)8-2)26-21(24)27-25/h7-8,20,25H,1-2,9-19H2,3-6H3. The molecule has 0 rings (SSSR count). The van der Waals surface area contributed by atoms with Crippen molar-refractivity contribution < 1.29 is 19.7 Å². The maximum Gasteiger partial charge on any atom is 0.540 e. The van der Waals surface area contributed by atoms with Gasteiger partial charge in [0.2, 0.25) is 0 Å². The summed E-state index contributed by atoms with van der Waals surface area (Å²) in [5.41, 5.74) is -0.0794. The van der Waals surface area contributed by atoms with Crippen molar-refractivity contribution in [1.29, 1.82) is 0 Å². The lowest BCUT2D eigenvalue weighted by atomic mass is 9.84. The number of hydrogen-bond donors (Lipinski definition) is 1. The van der Waals surface area contributed by atoms with Gasteiger partial charge in [-0.1, -0.05) is 91.2 Å². The molecule has 27 heavy (non-hydrogen) atoms. The van der Waals surface area contributed by atoms with Gasteiger partial charge in [-0.3, -0.25) is 4.89 Å². The smallest absolute Gasteiger partial charge is 0.428 e. The van der Waals surface area contributed by atoms with E-state index < -0.39 is 6.16 Å². The van der Waals surface area contributed by atoms with E-state index in [0.29, 0.717) is 0 Å². The van der Waals surface area contributed by atoms with Crippen LogP contribution in [0, 0.1) is 10.8 Å². The molecule has 0 heterocycles. The summed E-state index contributed by atoms with van der Waals surface area (Å²) < 4.78 is 5.18. The minimum absolute atomic E-state index is 0.273. The molecule has 1 N–H and O–H groups in total. The average molecular weight is 383 g/mol. The molecule has 158 valence electrons. The van der Waals surface area contributed by atoms with E-state index in [0.717, 1.165) is 19.3 Å². The fraction of sp³-hybridized carbons (Fsp3) is 0.783. The second-order valence-electron chi connectivity index (χ2n) is 8.89. The fourth-order valence-corrected chi connectivity index (χ4v) is 3.10. The SMILES string of the molecule is C=CC(C)(C)CCCCCCCCCCCC(OC(=O)OO)C(C)(C)C=C. The van der Waals surface area contributed by atoms with Crippen LogP contribution in [0.4, 0.5) is 4.79 Å². The Morgan fingerprint density at radius 2 is 1.37 bits per heavy atom. The molecule has 0 spiro atoms. The number of unbranched alkanes of at least 4 members (excludes halogenated alkanes) is 8. The third-order valence-corrected chi connectivity index (χ3v) is 5.51. The lowest BCUT2D eigenvalue weighted by Crippen LogP contribution is -2.32. The molecule has 0 aliphatic rings. The van der Waals surface area contributed by atoms with E-state index in [4.69, 9.17) is 9.99 Å². The molecule has 4 heteroatoms. The van der Waals surface area contributed by atoms with Gasteiger partial charge in [-0.2, -0.15) is 5.26 Å². The normalized spacial score (nSPS) is 13.1. The van der Waals surface area contributed by atoms with Crippen molar-refractivity contribution in [2.45, 2.75) is 104 Å². The van der Waals surface area contributed by atoms with Crippen LogP contribution < -0.4 is 0 Å². The molecular formula is C23H42O4. The predicted molar refractivity (Wildman–Crippen MR) is 113 cm³/mol. The van der Waals surface area contributed by atoms with Gasteiger partial charge in [0.15, 0.2) is 0 Å². The highest BCUT2D eigenvalue weighted by atomic mass is 17.1. The van der Waals surface area contributed by atoms with E-state index in [1.165, 1.54) is 51.4 Å². The second kappa shape index (κ2) is 13.8. The van der Waals surface area contributed by atoms with Crippen LogP contribution in [0.1, 0.15) is 98.3 Å². The van der Waals surface area contributed by atoms with Crippen molar-refractivity contribution in [2.75, 3.05) is 0 Å². The predicted octanol–water partition coefficient (Wildman–Crippen LogP) is 7.70. The van der Waals surface area contributed by atoms with Gasteiger partial charge in [-0.15, -0.1) is 13.2 Å². The molecular weight excluding hydrogens is 340 g/mol. The monoisotopic (exact) mass is 382 g/mol. The maximum atomic E-state index is 11.2. The summed E-state index contributed by atoms with van der Waals surface area (Å²) in [6.07, 6.45) is 15.5. The average Bonchev–Trinajstić information content (AvgIpc) is 2.64. The molecule has 0 aromatic rings. The summed E-state index contributed by atoms with van der Waals surface area (Å²) in [7, 11) is 0. The van der Waals surface area contributed by atoms with Crippen molar-refractivity contribution in [3.05, 3.63) is 25.3 Å². The van der Waals surface area contributed by atoms with E-state index in [1.807, 2.05) is 13.8 Å². The Morgan fingerprint density at radius 1 is 0.889 bits per heavy atom. The van der Waals surface area contributed by atoms with Gasteiger partial charge in [0.05, 0.1) is 0 Å². The first kappa shape index (κ1) is 25.7. The molecule has 0 radical (unpaired) electrons. The van der Waals surface area contributed by atoms with E-state index in [9.17, 15) is 4.79 Å². The van der Waals surface area contributed by atoms with Crippen LogP contribution in [0.5, 0.6) is 0 Å². The van der Waals surface area contributed by atoms with Crippen LogP contribution in [-0.2, 0) is 9.62 Å². The molecule has 4 nitrogen and oxygen atoms in total. The molecule has 0 fully saturated rings. The second-order valence-corrected chi connectivity index (χ2v) is 8.89. The van der Waals surface area contributed by atoms with Crippen LogP contribution in [0.15, 0.2) is 25.3 Å². The lowest BCUT2D eigenvalue weighted by Gasteiger charge is -2.30. The highest BCUT2D eigenvalue weighted by Crippen LogP contribution is 2.29. The van der Waals surface area contributed by atoms with Crippen molar-refractivity contribution in [1.82, 2.24) is 0 Å². The number of allylic oxidation sites excluding steroid dienone is 1. The Morgan fingerprint density at radius 3 is 1.81 bits per heavy atom. The lowest BCUT2D eigenvalue weighted by molar-refractivity contribution is -0.209. The Hall–Kier alpha value is -1.29. The maximum absolute atomic E-state index is 11.2. The van der Waals surface area contributed by atoms with Crippen molar-refractivity contribution in [2.24, 2.45) is 10.8 Å². The summed E-state index contributed by atoms with van der Waals surface area (Å²) in [5.74, 6) is 0. The highest BCUT2D eigenvalue weighted by molar-refractivity contribution is 5.59. The van der Waals surface area contributed by atoms with Crippen molar-refractivity contribution >= 4 is 6.16 Å². The Bertz CT molecular complexity index is 426. The minimum Gasteiger partial charge on any atom is -0.428 e. The molecule has 0 aromatic carbocycles. The first-order valence-electron chi connectivity index (χ1n) is 10.5. The van der Waals surface area contributed by atoms with Crippen LogP contribution in [0.3, 0.4) is 0 Å². The zero-order chi connectivity index (χ0) is 20.8. The molecule has 0 saturated heterocycles. The number of carbonyl (C=O) groups is 1. The van der Waals surface area contributed by atoms with Crippen molar-refractivity contribution in [3.8, 4) is 0 Å². The zero-order valence-electron chi connectivity index (χ0n) is 18.1. The summed E-state index contributed by atoms with van der Waals surface area (Å²) in [6.45, 7) is 16.1. The first-order valence-corrected chi connectivity index (χ1v) is 10.5. The summed E-state index contributed by atoms with van der Waals surface area (Å²) in [4.78, 5) is 14.8. The van der Waals surface area contributed by atoms with E-state index >= 15 is 0 Å². The Kier molecular flexibility index (Phi) is 13.2. The zero-order valence-corrected chi connectivity index (χ0v) is 18.1. The number of carbonyl (C=O) groups excluding carboxylic acids is 1. The number of rotatable bonds is 16. The van der Waals surface area contributed by atoms with Gasteiger partial charge in [-0.25, -0.2) is 4.79 Å². The quantitative estimate of drug-likeness (QED) is 0.0976. The van der Waals surface area contributed by atoms with Gasteiger partial charge in [0.25, 0.3) is 0 Å². The summed E-state index contributed by atoms with van der Waals surface area (Å²) >= 11 is 0. The molecule has 0 saturated carbocycles. The number of ether oxygens (including phenoxy) is 1. The fourth-order valence-electron chi connectivity index (χ4n) is 3.10.